The summed E-state index contributed by atoms with van der Waals surface area (Å²) in [6, 6.07) is 16.6. The van der Waals surface area contributed by atoms with E-state index in [-0.39, 0.29) is 16.1 Å². The van der Waals surface area contributed by atoms with Crippen molar-refractivity contribution >= 4 is 27.3 Å². The lowest BCUT2D eigenvalue weighted by Gasteiger charge is -2.13. The van der Waals surface area contributed by atoms with Gasteiger partial charge in [0.15, 0.2) is 0 Å². The third-order valence-electron chi connectivity index (χ3n) is 5.24. The molecular formula is C23H22FN3O3S. The van der Waals surface area contributed by atoms with E-state index in [4.69, 9.17) is 0 Å². The maximum atomic E-state index is 13.1. The van der Waals surface area contributed by atoms with Crippen LogP contribution >= 0.6 is 0 Å². The first-order valence-corrected chi connectivity index (χ1v) is 11.4. The molecule has 0 fully saturated rings. The summed E-state index contributed by atoms with van der Waals surface area (Å²) in [5.41, 5.74) is 3.39. The minimum Gasteiger partial charge on any atom is -0.322 e. The molecule has 0 radical (unpaired) electrons. The molecular weight excluding hydrogens is 417 g/mol. The van der Waals surface area contributed by atoms with Gasteiger partial charge in [-0.3, -0.25) is 14.4 Å². The molecule has 0 bridgehead atoms. The van der Waals surface area contributed by atoms with Crippen molar-refractivity contribution in [2.45, 2.75) is 24.9 Å². The zero-order chi connectivity index (χ0) is 22.0. The van der Waals surface area contributed by atoms with E-state index in [0.29, 0.717) is 5.69 Å². The molecule has 0 aromatic heterocycles. The van der Waals surface area contributed by atoms with E-state index in [1.54, 1.807) is 18.2 Å². The lowest BCUT2D eigenvalue weighted by atomic mass is 10.1. The van der Waals surface area contributed by atoms with E-state index in [2.05, 4.69) is 21.9 Å². The number of nitrogens with one attached hydrogen (secondary N) is 2. The number of carbonyl (C=O) groups is 1. The Morgan fingerprint density at radius 3 is 2.45 bits per heavy atom. The summed E-state index contributed by atoms with van der Waals surface area (Å²) in [7, 11) is -3.98. The molecule has 4 rings (SSSR count). The van der Waals surface area contributed by atoms with Crippen molar-refractivity contribution in [3.05, 3.63) is 89.2 Å². The van der Waals surface area contributed by atoms with Crippen molar-refractivity contribution in [1.82, 2.24) is 4.90 Å². The number of fused-ring (bicyclic) bond motifs is 1. The Balaban J connectivity index is 1.55. The van der Waals surface area contributed by atoms with Gasteiger partial charge in [-0.05, 0) is 66.2 Å². The number of amides is 1. The number of anilines is 2. The van der Waals surface area contributed by atoms with Crippen molar-refractivity contribution < 1.29 is 17.6 Å². The third-order valence-corrected chi connectivity index (χ3v) is 6.62. The lowest BCUT2D eigenvalue weighted by molar-refractivity contribution is 0.102. The largest absolute Gasteiger partial charge is 0.322 e. The number of para-hydroxylation sites is 1. The maximum Gasteiger partial charge on any atom is 0.261 e. The number of nitrogens with zero attached hydrogens (tertiary/aromatic N) is 1. The van der Waals surface area contributed by atoms with Gasteiger partial charge in [-0.15, -0.1) is 0 Å². The minimum absolute atomic E-state index is 0.0942. The summed E-state index contributed by atoms with van der Waals surface area (Å²) in [6.07, 6.45) is 0. The second-order valence-corrected chi connectivity index (χ2v) is 9.03. The van der Waals surface area contributed by atoms with E-state index < -0.39 is 21.7 Å². The molecule has 1 aliphatic heterocycles. The van der Waals surface area contributed by atoms with Crippen molar-refractivity contribution in [3.63, 3.8) is 0 Å². The molecule has 3 aromatic carbocycles. The number of carbonyl (C=O) groups excluding carboxylic acids is 1. The van der Waals surface area contributed by atoms with Gasteiger partial charge in [0.25, 0.3) is 15.9 Å². The topological polar surface area (TPSA) is 78.5 Å². The van der Waals surface area contributed by atoms with Crippen LogP contribution in [-0.4, -0.2) is 25.8 Å². The van der Waals surface area contributed by atoms with Crippen LogP contribution in [0, 0.1) is 5.82 Å². The molecule has 3 aromatic rings. The van der Waals surface area contributed by atoms with Crippen molar-refractivity contribution in [3.8, 4) is 0 Å². The molecule has 1 amide bonds. The van der Waals surface area contributed by atoms with E-state index in [0.717, 1.165) is 31.8 Å². The average molecular weight is 440 g/mol. The quantitative estimate of drug-likeness (QED) is 0.603. The molecule has 0 aliphatic carbocycles. The second kappa shape index (κ2) is 8.49. The molecule has 31 heavy (non-hydrogen) atoms. The Morgan fingerprint density at radius 2 is 1.71 bits per heavy atom. The van der Waals surface area contributed by atoms with E-state index in [9.17, 15) is 17.6 Å². The van der Waals surface area contributed by atoms with Crippen molar-refractivity contribution in [1.29, 1.82) is 0 Å². The van der Waals surface area contributed by atoms with Crippen LogP contribution in [0.15, 0.2) is 71.6 Å². The van der Waals surface area contributed by atoms with E-state index in [1.165, 1.54) is 29.3 Å². The number of rotatable bonds is 6. The highest BCUT2D eigenvalue weighted by molar-refractivity contribution is 7.92. The first-order chi connectivity index (χ1) is 14.9. The Kier molecular flexibility index (Phi) is 5.75. The lowest BCUT2D eigenvalue weighted by Crippen LogP contribution is -2.18. The summed E-state index contributed by atoms with van der Waals surface area (Å²) < 4.78 is 40.9. The standard InChI is InChI=1S/C23H22FN3O3S/c1-2-27-14-16-7-10-19(13-17(16)15-27)25-23(28)21-5-3-4-6-22(21)26-31(29,30)20-11-8-18(24)9-12-20/h3-13,26H,2,14-15H2,1H3,(H,25,28). The number of hydrogen-bond donors (Lipinski definition) is 2. The highest BCUT2D eigenvalue weighted by Gasteiger charge is 2.20. The van der Waals surface area contributed by atoms with Crippen LogP contribution in [0.2, 0.25) is 0 Å². The highest BCUT2D eigenvalue weighted by atomic mass is 32.2. The van der Waals surface area contributed by atoms with Gasteiger partial charge in [-0.2, -0.15) is 0 Å². The van der Waals surface area contributed by atoms with Gasteiger partial charge in [0.1, 0.15) is 5.82 Å². The number of hydrogen-bond acceptors (Lipinski definition) is 4. The van der Waals surface area contributed by atoms with Crippen molar-refractivity contribution in [2.24, 2.45) is 0 Å². The van der Waals surface area contributed by atoms with Crippen LogP contribution in [0.5, 0.6) is 0 Å². The fraction of sp³-hybridized carbons (Fsp3) is 0.174. The van der Waals surface area contributed by atoms with Crippen LogP contribution < -0.4 is 10.0 Å². The summed E-state index contributed by atoms with van der Waals surface area (Å²) in [4.78, 5) is 15.1. The van der Waals surface area contributed by atoms with Gasteiger partial charge in [0.2, 0.25) is 0 Å². The second-order valence-electron chi connectivity index (χ2n) is 7.35. The van der Waals surface area contributed by atoms with Gasteiger partial charge in [-0.25, -0.2) is 12.8 Å². The third kappa shape index (κ3) is 4.60. The molecule has 0 unspecified atom stereocenters. The van der Waals surface area contributed by atoms with Crippen LogP contribution in [0.1, 0.15) is 28.4 Å². The summed E-state index contributed by atoms with van der Waals surface area (Å²) in [5, 5.41) is 2.85. The number of sulfonamides is 1. The number of benzene rings is 3. The molecule has 0 atom stereocenters. The summed E-state index contributed by atoms with van der Waals surface area (Å²) in [6.45, 7) is 4.80. The molecule has 160 valence electrons. The Labute approximate surface area is 180 Å². The van der Waals surface area contributed by atoms with Gasteiger partial charge in [0, 0.05) is 18.8 Å². The predicted octanol–water partition coefficient (Wildman–Crippen LogP) is 4.21. The zero-order valence-corrected chi connectivity index (χ0v) is 17.7. The Bertz CT molecular complexity index is 1230. The van der Waals surface area contributed by atoms with E-state index in [1.807, 2.05) is 18.2 Å². The Morgan fingerprint density at radius 1 is 1.00 bits per heavy atom. The molecule has 1 aliphatic rings. The minimum atomic E-state index is -3.98. The van der Waals surface area contributed by atoms with Crippen LogP contribution in [0.25, 0.3) is 0 Å². The number of halogens is 1. The molecule has 2 N–H and O–H groups in total. The summed E-state index contributed by atoms with van der Waals surface area (Å²) in [5.74, 6) is -0.960. The maximum absolute atomic E-state index is 13.1. The average Bonchev–Trinajstić information content (AvgIpc) is 3.16. The monoisotopic (exact) mass is 439 g/mol. The normalized spacial score (nSPS) is 13.6. The fourth-order valence-corrected chi connectivity index (χ4v) is 4.63. The molecule has 0 saturated heterocycles. The summed E-state index contributed by atoms with van der Waals surface area (Å²) >= 11 is 0. The molecule has 8 heteroatoms. The van der Waals surface area contributed by atoms with E-state index >= 15 is 0 Å². The first-order valence-electron chi connectivity index (χ1n) is 9.88. The Hall–Kier alpha value is -3.23. The van der Waals surface area contributed by atoms with Gasteiger partial charge < -0.3 is 5.32 Å². The molecule has 0 saturated carbocycles. The fourth-order valence-electron chi connectivity index (χ4n) is 3.55. The SMILES string of the molecule is CCN1Cc2ccc(NC(=O)c3ccccc3NS(=O)(=O)c3ccc(F)cc3)cc2C1. The molecule has 6 nitrogen and oxygen atoms in total. The van der Waals surface area contributed by atoms with Gasteiger partial charge in [0.05, 0.1) is 16.1 Å². The first kappa shape index (κ1) is 21.0. The molecule has 1 heterocycles. The smallest absolute Gasteiger partial charge is 0.261 e. The zero-order valence-electron chi connectivity index (χ0n) is 16.9. The van der Waals surface area contributed by atoms with Crippen LogP contribution in [0.3, 0.4) is 0 Å². The van der Waals surface area contributed by atoms with Crippen LogP contribution in [-0.2, 0) is 23.1 Å². The van der Waals surface area contributed by atoms with Crippen LogP contribution in [0.4, 0.5) is 15.8 Å². The van der Waals surface area contributed by atoms with Crippen molar-refractivity contribution in [2.75, 3.05) is 16.6 Å². The highest BCUT2D eigenvalue weighted by Crippen LogP contribution is 2.27. The van der Waals surface area contributed by atoms with Gasteiger partial charge in [-0.1, -0.05) is 25.1 Å². The predicted molar refractivity (Wildman–Crippen MR) is 118 cm³/mol. The molecule has 0 spiro atoms. The van der Waals surface area contributed by atoms with Gasteiger partial charge >= 0.3 is 0 Å².